The normalized spacial score (nSPS) is 13.0. The molecule has 0 saturated heterocycles. The van der Waals surface area contributed by atoms with E-state index < -0.39 is 11.9 Å². The van der Waals surface area contributed by atoms with Crippen molar-refractivity contribution in [2.24, 2.45) is 11.8 Å². The molecule has 0 spiro atoms. The molecule has 0 aromatic heterocycles. The Morgan fingerprint density at radius 3 is 2.08 bits per heavy atom. The van der Waals surface area contributed by atoms with E-state index in [-0.39, 0.29) is 5.78 Å². The number of carboxylic acids is 1. The van der Waals surface area contributed by atoms with Crippen molar-refractivity contribution in [3.05, 3.63) is 0 Å². The van der Waals surface area contributed by atoms with Crippen LogP contribution in [0.15, 0.2) is 0 Å². The number of hydrogen-bond acceptors (Lipinski definition) is 2. The molecule has 0 aliphatic carbocycles. The van der Waals surface area contributed by atoms with Gasteiger partial charge in [-0.05, 0) is 19.3 Å². The minimum atomic E-state index is -1.02. The van der Waals surface area contributed by atoms with Crippen molar-refractivity contribution in [3.8, 4) is 0 Å². The molecule has 0 radical (unpaired) electrons. The fraction of sp³-hybridized carbons (Fsp3) is 0.778. The summed E-state index contributed by atoms with van der Waals surface area (Å²) < 4.78 is 0. The third-order valence-corrected chi connectivity index (χ3v) is 1.82. The largest absolute Gasteiger partial charge is 0.481 e. The molecular weight excluding hydrogens is 156 g/mol. The number of aliphatic carboxylic acids is 1. The maximum Gasteiger partial charge on any atom is 0.313 e. The van der Waals surface area contributed by atoms with E-state index in [0.29, 0.717) is 12.3 Å². The molecule has 1 N–H and O–H groups in total. The van der Waals surface area contributed by atoms with E-state index in [1.54, 1.807) is 0 Å². The summed E-state index contributed by atoms with van der Waals surface area (Å²) >= 11 is 0. The van der Waals surface area contributed by atoms with E-state index in [1.165, 1.54) is 6.92 Å². The summed E-state index contributed by atoms with van der Waals surface area (Å²) in [6, 6.07) is 0. The van der Waals surface area contributed by atoms with Crippen LogP contribution in [0.3, 0.4) is 0 Å². The van der Waals surface area contributed by atoms with Crippen molar-refractivity contribution >= 4 is 11.8 Å². The molecule has 0 aromatic carbocycles. The molecule has 0 heterocycles. The third kappa shape index (κ3) is 4.11. The number of carboxylic acid groups (broad SMARTS) is 1. The second-order valence-corrected chi connectivity index (χ2v) is 3.46. The first-order valence-electron chi connectivity index (χ1n) is 4.20. The smallest absolute Gasteiger partial charge is 0.313 e. The molecule has 1 unspecified atom stereocenters. The summed E-state index contributed by atoms with van der Waals surface area (Å²) in [5.41, 5.74) is 0. The number of Topliss-reactive ketones (excluding diaryl/α,β-unsaturated/α-hetero) is 1. The minimum absolute atomic E-state index is 0.170. The molecule has 0 rings (SSSR count). The zero-order valence-electron chi connectivity index (χ0n) is 7.83. The molecule has 0 aliphatic heterocycles. The molecule has 0 aromatic rings. The first kappa shape index (κ1) is 11.1. The van der Waals surface area contributed by atoms with E-state index in [0.717, 1.165) is 6.42 Å². The van der Waals surface area contributed by atoms with Gasteiger partial charge in [-0.2, -0.15) is 0 Å². The van der Waals surface area contributed by atoms with Crippen LogP contribution in [0.4, 0.5) is 0 Å². The van der Waals surface area contributed by atoms with Crippen LogP contribution in [0.1, 0.15) is 33.6 Å². The van der Waals surface area contributed by atoms with Gasteiger partial charge in [-0.25, -0.2) is 0 Å². The van der Waals surface area contributed by atoms with E-state index in [1.807, 2.05) is 13.8 Å². The van der Waals surface area contributed by atoms with Gasteiger partial charge in [-0.1, -0.05) is 13.8 Å². The Hall–Kier alpha value is -0.860. The van der Waals surface area contributed by atoms with Crippen LogP contribution in [0, 0.1) is 11.8 Å². The Kier molecular flexibility index (Phi) is 4.55. The van der Waals surface area contributed by atoms with Gasteiger partial charge in [-0.3, -0.25) is 9.59 Å². The minimum Gasteiger partial charge on any atom is -0.481 e. The van der Waals surface area contributed by atoms with Gasteiger partial charge in [0.15, 0.2) is 0 Å². The van der Waals surface area contributed by atoms with Crippen LogP contribution in [-0.2, 0) is 9.59 Å². The summed E-state index contributed by atoms with van der Waals surface area (Å²) in [6.45, 7) is 5.46. The summed E-state index contributed by atoms with van der Waals surface area (Å²) in [6.07, 6.45) is 1.15. The average Bonchev–Trinajstić information content (AvgIpc) is 1.98. The SMILES string of the molecule is CC(C)CCC(=O)C(C)C(=O)O. The standard InChI is InChI=1S/C9H16O3/c1-6(2)4-5-8(10)7(3)9(11)12/h6-7H,4-5H2,1-3H3,(H,11,12). The highest BCUT2D eigenvalue weighted by Crippen LogP contribution is 2.08. The maximum absolute atomic E-state index is 11.1. The van der Waals surface area contributed by atoms with Crippen molar-refractivity contribution in [2.75, 3.05) is 0 Å². The van der Waals surface area contributed by atoms with Crippen molar-refractivity contribution in [1.29, 1.82) is 0 Å². The van der Waals surface area contributed by atoms with Gasteiger partial charge >= 0.3 is 5.97 Å². The second-order valence-electron chi connectivity index (χ2n) is 3.46. The fourth-order valence-electron chi connectivity index (χ4n) is 0.785. The lowest BCUT2D eigenvalue weighted by Gasteiger charge is -2.06. The summed E-state index contributed by atoms with van der Waals surface area (Å²) in [5, 5.41) is 8.50. The van der Waals surface area contributed by atoms with E-state index in [9.17, 15) is 9.59 Å². The van der Waals surface area contributed by atoms with Crippen LogP contribution >= 0.6 is 0 Å². The van der Waals surface area contributed by atoms with Gasteiger partial charge in [0.2, 0.25) is 0 Å². The molecule has 0 aliphatic rings. The Morgan fingerprint density at radius 1 is 1.25 bits per heavy atom. The third-order valence-electron chi connectivity index (χ3n) is 1.82. The molecule has 0 amide bonds. The summed E-state index contributed by atoms with van der Waals surface area (Å²) in [7, 11) is 0. The highest BCUT2D eigenvalue weighted by atomic mass is 16.4. The maximum atomic E-state index is 11.1. The number of carbonyl (C=O) groups excluding carboxylic acids is 1. The van der Waals surface area contributed by atoms with Crippen LogP contribution in [0.25, 0.3) is 0 Å². The Labute approximate surface area is 72.8 Å². The van der Waals surface area contributed by atoms with E-state index in [4.69, 9.17) is 5.11 Å². The van der Waals surface area contributed by atoms with Crippen molar-refractivity contribution < 1.29 is 14.7 Å². The molecule has 0 saturated carbocycles. The monoisotopic (exact) mass is 172 g/mol. The molecule has 12 heavy (non-hydrogen) atoms. The Morgan fingerprint density at radius 2 is 1.75 bits per heavy atom. The van der Waals surface area contributed by atoms with Gasteiger partial charge in [0.25, 0.3) is 0 Å². The van der Waals surface area contributed by atoms with Crippen LogP contribution in [0.5, 0.6) is 0 Å². The summed E-state index contributed by atoms with van der Waals surface area (Å²) in [5.74, 6) is -1.58. The Balaban J connectivity index is 3.80. The predicted octanol–water partition coefficient (Wildman–Crippen LogP) is 1.71. The number of ketones is 1. The summed E-state index contributed by atoms with van der Waals surface area (Å²) in [4.78, 5) is 21.5. The second kappa shape index (κ2) is 4.91. The van der Waals surface area contributed by atoms with Gasteiger partial charge in [0, 0.05) is 6.42 Å². The molecule has 1 atom stereocenters. The van der Waals surface area contributed by atoms with Gasteiger partial charge in [-0.15, -0.1) is 0 Å². The van der Waals surface area contributed by atoms with Crippen LogP contribution < -0.4 is 0 Å². The lowest BCUT2D eigenvalue weighted by Crippen LogP contribution is -2.20. The molecule has 3 nitrogen and oxygen atoms in total. The van der Waals surface area contributed by atoms with Crippen molar-refractivity contribution in [2.45, 2.75) is 33.6 Å². The first-order chi connectivity index (χ1) is 5.45. The molecule has 0 bridgehead atoms. The highest BCUT2D eigenvalue weighted by molar-refractivity contribution is 5.97. The lowest BCUT2D eigenvalue weighted by molar-refractivity contribution is -0.145. The molecule has 3 heteroatoms. The zero-order valence-corrected chi connectivity index (χ0v) is 7.83. The van der Waals surface area contributed by atoms with E-state index in [2.05, 4.69) is 0 Å². The number of carbonyl (C=O) groups is 2. The van der Waals surface area contributed by atoms with Crippen molar-refractivity contribution in [3.63, 3.8) is 0 Å². The number of hydrogen-bond donors (Lipinski definition) is 1. The topological polar surface area (TPSA) is 54.4 Å². The van der Waals surface area contributed by atoms with Crippen molar-refractivity contribution in [1.82, 2.24) is 0 Å². The van der Waals surface area contributed by atoms with Gasteiger partial charge in [0.1, 0.15) is 11.7 Å². The average molecular weight is 172 g/mol. The van der Waals surface area contributed by atoms with Gasteiger partial charge < -0.3 is 5.11 Å². The first-order valence-corrected chi connectivity index (χ1v) is 4.20. The molecule has 0 fully saturated rings. The lowest BCUT2D eigenvalue weighted by atomic mass is 9.98. The van der Waals surface area contributed by atoms with E-state index >= 15 is 0 Å². The zero-order chi connectivity index (χ0) is 9.72. The van der Waals surface area contributed by atoms with Gasteiger partial charge in [0.05, 0.1) is 0 Å². The Bertz CT molecular complexity index is 173. The van der Waals surface area contributed by atoms with Crippen LogP contribution in [-0.4, -0.2) is 16.9 Å². The molecule has 70 valence electrons. The predicted molar refractivity (Wildman–Crippen MR) is 45.9 cm³/mol. The quantitative estimate of drug-likeness (QED) is 0.642. The fourth-order valence-corrected chi connectivity index (χ4v) is 0.785. The highest BCUT2D eigenvalue weighted by Gasteiger charge is 2.19. The number of rotatable bonds is 5. The molecular formula is C9H16O3. The van der Waals surface area contributed by atoms with Crippen LogP contribution in [0.2, 0.25) is 0 Å².